The number of hydrogen-bond donors (Lipinski definition) is 1. The van der Waals surface area contributed by atoms with E-state index >= 15 is 0 Å². The molecule has 3 heteroatoms. The topological polar surface area (TPSA) is 43.1 Å². The van der Waals surface area contributed by atoms with E-state index in [4.69, 9.17) is 5.73 Å². The average molecular weight is 97.9 g/mol. The molecule has 0 spiro atoms. The number of nitrogens with two attached hydrogens (primary N) is 1. The van der Waals surface area contributed by atoms with Crippen LogP contribution in [0.1, 0.15) is 6.42 Å². The molecule has 0 rings (SSSR count). The molecule has 0 saturated heterocycles. The Labute approximate surface area is 44.3 Å². The maximum absolute atomic E-state index is 9.58. The third kappa shape index (κ3) is 5.69. The average Bonchev–Trinajstić information content (AvgIpc) is 1.69. The van der Waals surface area contributed by atoms with Crippen LogP contribution in [0.15, 0.2) is 0 Å². The molecule has 0 unspecified atom stereocenters. The van der Waals surface area contributed by atoms with Gasteiger partial charge >= 0.3 is 0 Å². The lowest BCUT2D eigenvalue weighted by Crippen LogP contribution is -2.00. The molecule has 0 bridgehead atoms. The molecule has 0 aliphatic carbocycles. The van der Waals surface area contributed by atoms with Gasteiger partial charge in [-0.15, -0.1) is 0 Å². The van der Waals surface area contributed by atoms with Crippen molar-refractivity contribution in [3.63, 3.8) is 0 Å². The summed E-state index contributed by atoms with van der Waals surface area (Å²) in [5.74, 6) is 0. The number of carbonyl (C=O) groups is 1. The molecule has 0 aromatic carbocycles. The summed E-state index contributed by atoms with van der Waals surface area (Å²) in [5.41, 5.74) is 5.13. The Bertz CT molecular complexity index is 49.0. The van der Waals surface area contributed by atoms with Crippen LogP contribution in [0.25, 0.3) is 0 Å². The van der Waals surface area contributed by atoms with Crippen molar-refractivity contribution in [1.29, 1.82) is 0 Å². The van der Waals surface area contributed by atoms with Gasteiger partial charge < -0.3 is 10.5 Å². The van der Waals surface area contributed by atoms with Crippen LogP contribution in [-0.2, 0) is 4.79 Å². The smallest absolute Gasteiger partial charge is 0.197 e. The predicted octanol–water partition coefficient (Wildman–Crippen LogP) is -0.352. The fourth-order valence-corrected chi connectivity index (χ4v) is 0.304. The minimum absolute atomic E-state index is 0.671. The molecule has 0 atom stereocenters. The monoisotopic (exact) mass is 98.1 g/mol. The molecule has 0 aliphatic rings. The fraction of sp³-hybridized carbons (Fsp3) is 0.750. The largest absolute Gasteiger partial charge is 0.331 e. The van der Waals surface area contributed by atoms with Crippen LogP contribution in [0.4, 0.5) is 0 Å². The Morgan fingerprint density at radius 1 is 1.71 bits per heavy atom. The Kier molecular flexibility index (Phi) is 5.45. The second kappa shape index (κ2) is 5.69. The standard InChI is InChI=1S/C4H9BNO/c6-3-1-2-5-4-7/h4H,1-3,6H2. The summed E-state index contributed by atoms with van der Waals surface area (Å²) in [6.45, 7) is 0.671. The van der Waals surface area contributed by atoms with Crippen molar-refractivity contribution in [2.45, 2.75) is 12.7 Å². The zero-order valence-corrected chi connectivity index (χ0v) is 4.26. The van der Waals surface area contributed by atoms with Gasteiger partial charge in [0, 0.05) is 0 Å². The van der Waals surface area contributed by atoms with Gasteiger partial charge in [0.25, 0.3) is 0 Å². The zero-order chi connectivity index (χ0) is 5.54. The summed E-state index contributed by atoms with van der Waals surface area (Å²) < 4.78 is 0. The Hall–Kier alpha value is -0.305. The molecule has 2 N–H and O–H groups in total. The van der Waals surface area contributed by atoms with Gasteiger partial charge in [-0.25, -0.2) is 0 Å². The lowest BCUT2D eigenvalue weighted by atomic mass is 9.76. The van der Waals surface area contributed by atoms with Crippen LogP contribution in [0.2, 0.25) is 6.32 Å². The van der Waals surface area contributed by atoms with Gasteiger partial charge in [-0.05, 0) is 13.0 Å². The van der Waals surface area contributed by atoms with Crippen LogP contribution in [-0.4, -0.2) is 20.0 Å². The van der Waals surface area contributed by atoms with E-state index in [2.05, 4.69) is 0 Å². The van der Waals surface area contributed by atoms with E-state index in [-0.39, 0.29) is 0 Å². The number of carbonyl (C=O) groups excluding carboxylic acids is 1. The highest BCUT2D eigenvalue weighted by Gasteiger charge is 1.83. The molecular weight excluding hydrogens is 88.9 g/mol. The highest BCUT2D eigenvalue weighted by Crippen LogP contribution is 1.80. The van der Waals surface area contributed by atoms with Crippen LogP contribution >= 0.6 is 0 Å². The summed E-state index contributed by atoms with van der Waals surface area (Å²) in [6.07, 6.45) is 2.54. The summed E-state index contributed by atoms with van der Waals surface area (Å²) in [7, 11) is 1.58. The summed E-state index contributed by atoms with van der Waals surface area (Å²) in [4.78, 5) is 9.58. The van der Waals surface area contributed by atoms with E-state index in [0.29, 0.717) is 6.54 Å². The first-order chi connectivity index (χ1) is 3.41. The molecular formula is C4H9BNO. The molecule has 39 valence electrons. The van der Waals surface area contributed by atoms with E-state index in [0.717, 1.165) is 18.9 Å². The fourth-order valence-electron chi connectivity index (χ4n) is 0.304. The van der Waals surface area contributed by atoms with Gasteiger partial charge in [-0.3, -0.25) is 0 Å². The Balaban J connectivity index is 2.56. The molecule has 0 aliphatic heterocycles. The van der Waals surface area contributed by atoms with E-state index in [1.807, 2.05) is 0 Å². The number of hydrogen-bond acceptors (Lipinski definition) is 2. The quantitative estimate of drug-likeness (QED) is 0.296. The third-order valence-electron chi connectivity index (χ3n) is 0.671. The molecule has 1 radical (unpaired) electrons. The maximum Gasteiger partial charge on any atom is 0.197 e. The molecule has 0 amide bonds. The predicted molar refractivity (Wildman–Crippen MR) is 31.0 cm³/mol. The highest BCUT2D eigenvalue weighted by atomic mass is 16.1. The van der Waals surface area contributed by atoms with Crippen LogP contribution in [0, 0.1) is 0 Å². The molecule has 0 fully saturated rings. The first kappa shape index (κ1) is 6.69. The second-order valence-corrected chi connectivity index (χ2v) is 1.30. The molecule has 7 heavy (non-hydrogen) atoms. The maximum atomic E-state index is 9.58. The van der Waals surface area contributed by atoms with Gasteiger partial charge in [0.1, 0.15) is 0 Å². The first-order valence-corrected chi connectivity index (χ1v) is 2.39. The SMILES string of the molecule is NCCC[B]C=O. The van der Waals surface area contributed by atoms with Crippen LogP contribution in [0.3, 0.4) is 0 Å². The zero-order valence-electron chi connectivity index (χ0n) is 4.26. The molecule has 0 saturated carbocycles. The lowest BCUT2D eigenvalue weighted by molar-refractivity contribution is 0.568. The van der Waals surface area contributed by atoms with E-state index in [1.165, 1.54) is 0 Å². The molecule has 0 aromatic rings. The van der Waals surface area contributed by atoms with Crippen LogP contribution < -0.4 is 5.73 Å². The minimum Gasteiger partial charge on any atom is -0.331 e. The van der Waals surface area contributed by atoms with Crippen molar-refractivity contribution in [1.82, 2.24) is 0 Å². The van der Waals surface area contributed by atoms with Gasteiger partial charge in [-0.2, -0.15) is 0 Å². The third-order valence-corrected chi connectivity index (χ3v) is 0.671. The van der Waals surface area contributed by atoms with Crippen molar-refractivity contribution in [2.75, 3.05) is 6.54 Å². The Morgan fingerprint density at radius 3 is 2.86 bits per heavy atom. The van der Waals surface area contributed by atoms with E-state index in [1.54, 1.807) is 7.28 Å². The van der Waals surface area contributed by atoms with E-state index in [9.17, 15) is 4.79 Å². The molecule has 2 nitrogen and oxygen atoms in total. The molecule has 0 aromatic heterocycles. The second-order valence-electron chi connectivity index (χ2n) is 1.30. The van der Waals surface area contributed by atoms with E-state index < -0.39 is 0 Å². The number of rotatable bonds is 4. The van der Waals surface area contributed by atoms with Crippen molar-refractivity contribution in [3.8, 4) is 0 Å². The van der Waals surface area contributed by atoms with Gasteiger partial charge in [0.15, 0.2) is 7.28 Å². The van der Waals surface area contributed by atoms with Crippen LogP contribution in [0.5, 0.6) is 0 Å². The van der Waals surface area contributed by atoms with Crippen molar-refractivity contribution < 1.29 is 4.79 Å². The summed E-state index contributed by atoms with van der Waals surface area (Å²) >= 11 is 0. The normalized spacial score (nSPS) is 8.14. The van der Waals surface area contributed by atoms with Crippen molar-refractivity contribution in [2.24, 2.45) is 5.73 Å². The lowest BCUT2D eigenvalue weighted by Gasteiger charge is -1.84. The van der Waals surface area contributed by atoms with Crippen molar-refractivity contribution >= 4 is 13.5 Å². The first-order valence-electron chi connectivity index (χ1n) is 2.39. The molecule has 0 heterocycles. The van der Waals surface area contributed by atoms with Gasteiger partial charge in [0.05, 0.1) is 6.19 Å². The summed E-state index contributed by atoms with van der Waals surface area (Å²) in [6, 6.07) is 0. The Morgan fingerprint density at radius 2 is 2.43 bits per heavy atom. The van der Waals surface area contributed by atoms with Gasteiger partial charge in [0.2, 0.25) is 0 Å². The minimum atomic E-state index is 0.671. The summed E-state index contributed by atoms with van der Waals surface area (Å²) in [5, 5.41) is 0. The van der Waals surface area contributed by atoms with Crippen molar-refractivity contribution in [3.05, 3.63) is 0 Å². The highest BCUT2D eigenvalue weighted by molar-refractivity contribution is 6.66. The van der Waals surface area contributed by atoms with Gasteiger partial charge in [-0.1, -0.05) is 6.32 Å².